The van der Waals surface area contributed by atoms with Crippen molar-refractivity contribution < 1.29 is 9.53 Å². The van der Waals surface area contributed by atoms with Crippen LogP contribution in [-0.4, -0.2) is 22.4 Å². The molecule has 2 heterocycles. The zero-order valence-corrected chi connectivity index (χ0v) is 16.7. The monoisotopic (exact) mass is 405 g/mol. The van der Waals surface area contributed by atoms with Crippen molar-refractivity contribution in [2.75, 3.05) is 12.4 Å². The van der Waals surface area contributed by atoms with Crippen LogP contribution in [0.4, 0.5) is 5.69 Å². The number of imidazole rings is 1. The molecular formula is C23H20ClN3O2. The zero-order valence-electron chi connectivity index (χ0n) is 15.9. The van der Waals surface area contributed by atoms with Gasteiger partial charge in [-0.25, -0.2) is 4.98 Å². The molecule has 0 radical (unpaired) electrons. The minimum atomic E-state index is -0.0637. The molecule has 4 aromatic rings. The molecule has 0 fully saturated rings. The number of halogens is 1. The molecule has 0 saturated carbocycles. The first-order valence-electron chi connectivity index (χ1n) is 9.30. The van der Waals surface area contributed by atoms with Crippen molar-refractivity contribution in [3.8, 4) is 17.0 Å². The second-order valence-corrected chi connectivity index (χ2v) is 7.06. The first-order valence-corrected chi connectivity index (χ1v) is 9.67. The van der Waals surface area contributed by atoms with Crippen molar-refractivity contribution in [3.63, 3.8) is 0 Å². The number of methoxy groups -OCH3 is 1. The summed E-state index contributed by atoms with van der Waals surface area (Å²) in [4.78, 5) is 17.3. The zero-order chi connectivity index (χ0) is 20.2. The lowest BCUT2D eigenvalue weighted by Crippen LogP contribution is -2.13. The molecule has 0 aliphatic carbocycles. The number of aryl methyl sites for hydroxylation is 1. The number of amides is 1. The number of nitrogens with zero attached hydrogens (tertiary/aromatic N) is 2. The summed E-state index contributed by atoms with van der Waals surface area (Å²) in [6, 6.07) is 20.8. The van der Waals surface area contributed by atoms with Crippen LogP contribution in [0.2, 0.25) is 5.02 Å². The van der Waals surface area contributed by atoms with E-state index in [0.717, 1.165) is 22.6 Å². The molecule has 5 nitrogen and oxygen atoms in total. The van der Waals surface area contributed by atoms with Crippen LogP contribution in [0.25, 0.3) is 16.9 Å². The van der Waals surface area contributed by atoms with Crippen LogP contribution in [-0.2, 0) is 11.2 Å². The van der Waals surface area contributed by atoms with Gasteiger partial charge in [-0.15, -0.1) is 0 Å². The number of hydrogen-bond donors (Lipinski definition) is 1. The summed E-state index contributed by atoms with van der Waals surface area (Å²) in [5.74, 6) is 0.640. The normalized spacial score (nSPS) is 10.8. The fourth-order valence-electron chi connectivity index (χ4n) is 3.28. The van der Waals surface area contributed by atoms with Crippen molar-refractivity contribution in [2.45, 2.75) is 12.8 Å². The Morgan fingerprint density at radius 2 is 1.93 bits per heavy atom. The van der Waals surface area contributed by atoms with E-state index >= 15 is 0 Å². The maximum atomic E-state index is 12.5. The van der Waals surface area contributed by atoms with Crippen LogP contribution in [0.3, 0.4) is 0 Å². The fraction of sp³-hybridized carbons (Fsp3) is 0.130. The molecule has 0 atom stereocenters. The molecule has 0 bridgehead atoms. The van der Waals surface area contributed by atoms with Crippen molar-refractivity contribution in [3.05, 3.63) is 83.6 Å². The van der Waals surface area contributed by atoms with Crippen LogP contribution < -0.4 is 10.1 Å². The quantitative estimate of drug-likeness (QED) is 0.477. The summed E-state index contributed by atoms with van der Waals surface area (Å²) in [6.45, 7) is 0. The van der Waals surface area contributed by atoms with Gasteiger partial charge in [-0.2, -0.15) is 0 Å². The van der Waals surface area contributed by atoms with E-state index in [0.29, 0.717) is 29.3 Å². The maximum absolute atomic E-state index is 12.5. The maximum Gasteiger partial charge on any atom is 0.224 e. The van der Waals surface area contributed by atoms with Crippen LogP contribution in [0, 0.1) is 0 Å². The minimum absolute atomic E-state index is 0.0637. The summed E-state index contributed by atoms with van der Waals surface area (Å²) in [7, 11) is 1.60. The van der Waals surface area contributed by atoms with Gasteiger partial charge >= 0.3 is 0 Å². The molecule has 1 N–H and O–H groups in total. The lowest BCUT2D eigenvalue weighted by atomic mass is 10.1. The Bertz CT molecular complexity index is 1150. The number of rotatable bonds is 6. The highest BCUT2D eigenvalue weighted by Crippen LogP contribution is 2.27. The summed E-state index contributed by atoms with van der Waals surface area (Å²) < 4.78 is 7.23. The van der Waals surface area contributed by atoms with Gasteiger partial charge in [-0.05, 0) is 42.8 Å². The number of pyridine rings is 1. The average molecular weight is 406 g/mol. The molecule has 29 heavy (non-hydrogen) atoms. The molecule has 0 aliphatic heterocycles. The molecule has 0 spiro atoms. The Labute approximate surface area is 173 Å². The second kappa shape index (κ2) is 8.37. The SMILES string of the molecule is COc1cccc(NC(=O)CCc2c(-c3ccc(Cl)cc3)nc3ccccn23)c1. The van der Waals surface area contributed by atoms with Crippen molar-refractivity contribution in [1.82, 2.24) is 9.38 Å². The summed E-state index contributed by atoms with van der Waals surface area (Å²) in [5.41, 5.74) is 4.39. The van der Waals surface area contributed by atoms with E-state index < -0.39 is 0 Å². The Hall–Kier alpha value is -3.31. The molecule has 4 rings (SSSR count). The summed E-state index contributed by atoms with van der Waals surface area (Å²) >= 11 is 6.03. The number of carbonyl (C=O) groups is 1. The van der Waals surface area contributed by atoms with E-state index in [-0.39, 0.29) is 5.91 Å². The molecule has 6 heteroatoms. The molecule has 0 saturated heterocycles. The molecule has 146 valence electrons. The van der Waals surface area contributed by atoms with Gasteiger partial charge < -0.3 is 14.5 Å². The predicted molar refractivity (Wildman–Crippen MR) is 116 cm³/mol. The number of carbonyl (C=O) groups excluding carboxylic acids is 1. The highest BCUT2D eigenvalue weighted by Gasteiger charge is 2.15. The number of aromatic nitrogens is 2. The number of benzene rings is 2. The number of hydrogen-bond acceptors (Lipinski definition) is 3. The van der Waals surface area contributed by atoms with Crippen molar-refractivity contribution >= 4 is 28.8 Å². The number of fused-ring (bicyclic) bond motifs is 1. The smallest absolute Gasteiger partial charge is 0.224 e. The molecule has 2 aromatic heterocycles. The molecule has 1 amide bonds. The van der Waals surface area contributed by atoms with Gasteiger partial charge in [0, 0.05) is 35.0 Å². The lowest BCUT2D eigenvalue weighted by molar-refractivity contribution is -0.116. The fourth-order valence-corrected chi connectivity index (χ4v) is 3.41. The van der Waals surface area contributed by atoms with Crippen molar-refractivity contribution in [1.29, 1.82) is 0 Å². The van der Waals surface area contributed by atoms with Gasteiger partial charge in [0.1, 0.15) is 11.4 Å². The standard InChI is InChI=1S/C23H20ClN3O2/c1-29-19-6-4-5-18(15-19)25-22(28)13-12-20-23(16-8-10-17(24)11-9-16)26-21-7-2-3-14-27(20)21/h2-11,14-15H,12-13H2,1H3,(H,25,28). The van der Waals surface area contributed by atoms with Crippen LogP contribution in [0.15, 0.2) is 72.9 Å². The van der Waals surface area contributed by atoms with Crippen molar-refractivity contribution in [2.24, 2.45) is 0 Å². The molecule has 2 aromatic carbocycles. The van der Waals surface area contributed by atoms with E-state index in [4.69, 9.17) is 21.3 Å². The molecule has 0 aliphatic rings. The lowest BCUT2D eigenvalue weighted by Gasteiger charge is -2.08. The van der Waals surface area contributed by atoms with Gasteiger partial charge in [-0.1, -0.05) is 35.9 Å². The van der Waals surface area contributed by atoms with Crippen LogP contribution in [0.1, 0.15) is 12.1 Å². The Morgan fingerprint density at radius 3 is 2.72 bits per heavy atom. The first-order chi connectivity index (χ1) is 14.1. The van der Waals surface area contributed by atoms with E-state index in [1.807, 2.05) is 71.3 Å². The minimum Gasteiger partial charge on any atom is -0.497 e. The summed E-state index contributed by atoms with van der Waals surface area (Å²) in [6.07, 6.45) is 2.86. The third-order valence-corrected chi connectivity index (χ3v) is 4.94. The third-order valence-electron chi connectivity index (χ3n) is 4.69. The number of nitrogens with one attached hydrogen (secondary N) is 1. The van der Waals surface area contributed by atoms with Gasteiger partial charge in [-0.3, -0.25) is 4.79 Å². The van der Waals surface area contributed by atoms with E-state index in [2.05, 4.69) is 5.32 Å². The van der Waals surface area contributed by atoms with Gasteiger partial charge in [0.25, 0.3) is 0 Å². The third kappa shape index (κ3) is 4.25. The number of ether oxygens (including phenoxy) is 1. The number of anilines is 1. The highest BCUT2D eigenvalue weighted by molar-refractivity contribution is 6.30. The van der Waals surface area contributed by atoms with E-state index in [1.165, 1.54) is 0 Å². The predicted octanol–water partition coefficient (Wildman–Crippen LogP) is 5.23. The first kappa shape index (κ1) is 19.0. The van der Waals surface area contributed by atoms with Gasteiger partial charge in [0.2, 0.25) is 5.91 Å². The Morgan fingerprint density at radius 1 is 1.10 bits per heavy atom. The highest BCUT2D eigenvalue weighted by atomic mass is 35.5. The van der Waals surface area contributed by atoms with Gasteiger partial charge in [0.15, 0.2) is 0 Å². The largest absolute Gasteiger partial charge is 0.497 e. The Balaban J connectivity index is 1.57. The molecule has 0 unspecified atom stereocenters. The average Bonchev–Trinajstić information content (AvgIpc) is 3.11. The Kier molecular flexibility index (Phi) is 5.49. The van der Waals surface area contributed by atoms with Crippen LogP contribution in [0.5, 0.6) is 5.75 Å². The van der Waals surface area contributed by atoms with E-state index in [9.17, 15) is 4.79 Å². The van der Waals surface area contributed by atoms with E-state index in [1.54, 1.807) is 13.2 Å². The van der Waals surface area contributed by atoms with Crippen LogP contribution >= 0.6 is 11.6 Å². The molecular weight excluding hydrogens is 386 g/mol. The topological polar surface area (TPSA) is 55.6 Å². The summed E-state index contributed by atoms with van der Waals surface area (Å²) in [5, 5.41) is 3.61. The van der Waals surface area contributed by atoms with Gasteiger partial charge in [0.05, 0.1) is 18.5 Å². The second-order valence-electron chi connectivity index (χ2n) is 6.62.